The van der Waals surface area contributed by atoms with Crippen molar-refractivity contribution in [2.45, 2.75) is 57.4 Å². The molecule has 1 saturated heterocycles. The van der Waals surface area contributed by atoms with E-state index in [1.54, 1.807) is 0 Å². The molecule has 20 heavy (non-hydrogen) atoms. The van der Waals surface area contributed by atoms with Gasteiger partial charge < -0.3 is 25.2 Å². The van der Waals surface area contributed by atoms with Crippen molar-refractivity contribution < 1.29 is 34.8 Å². The summed E-state index contributed by atoms with van der Waals surface area (Å²) in [7, 11) is 0. The first-order chi connectivity index (χ1) is 9.34. The van der Waals surface area contributed by atoms with Crippen molar-refractivity contribution in [2.24, 2.45) is 5.92 Å². The van der Waals surface area contributed by atoms with Gasteiger partial charge in [-0.05, 0) is 18.8 Å². The molecule has 0 saturated carbocycles. The van der Waals surface area contributed by atoms with E-state index in [9.17, 15) is 20.1 Å². The minimum Gasteiger partial charge on any atom is -0.479 e. The second kappa shape index (κ2) is 7.87. The summed E-state index contributed by atoms with van der Waals surface area (Å²) in [4.78, 5) is 15.9. The van der Waals surface area contributed by atoms with Crippen molar-refractivity contribution in [2.75, 3.05) is 6.54 Å². The number of ether oxygens (including phenoxy) is 1. The van der Waals surface area contributed by atoms with Gasteiger partial charge in [0.05, 0.1) is 0 Å². The largest absolute Gasteiger partial charge is 0.479 e. The summed E-state index contributed by atoms with van der Waals surface area (Å²) in [5, 5.41) is 37.5. The number of carboxylic acid groups (broad SMARTS) is 1. The van der Waals surface area contributed by atoms with Gasteiger partial charge in [0, 0.05) is 6.54 Å². The molecule has 5 N–H and O–H groups in total. The highest BCUT2D eigenvalue weighted by molar-refractivity contribution is 5.73. The van der Waals surface area contributed by atoms with Crippen molar-refractivity contribution in [3.05, 3.63) is 0 Å². The Morgan fingerprint density at radius 3 is 2.45 bits per heavy atom. The topological polar surface area (TPSA) is 128 Å². The van der Waals surface area contributed by atoms with Crippen molar-refractivity contribution in [3.63, 3.8) is 0 Å². The Morgan fingerprint density at radius 1 is 1.25 bits per heavy atom. The molecular formula is C12H23NO7. The van der Waals surface area contributed by atoms with E-state index in [-0.39, 0.29) is 0 Å². The van der Waals surface area contributed by atoms with Gasteiger partial charge >= 0.3 is 5.97 Å². The molecule has 1 rings (SSSR count). The molecule has 118 valence electrons. The minimum atomic E-state index is -1.71. The predicted molar refractivity (Wildman–Crippen MR) is 67.5 cm³/mol. The van der Waals surface area contributed by atoms with E-state index >= 15 is 0 Å². The number of hydrogen-bond donors (Lipinski definition) is 5. The molecule has 1 aliphatic rings. The summed E-state index contributed by atoms with van der Waals surface area (Å²) in [5.41, 5.74) is 2.57. The molecule has 8 heteroatoms. The van der Waals surface area contributed by atoms with E-state index in [2.05, 4.69) is 19.3 Å². The molecule has 0 aromatic carbocycles. The Balaban J connectivity index is 2.42. The molecule has 1 aliphatic heterocycles. The molecule has 5 atom stereocenters. The summed E-state index contributed by atoms with van der Waals surface area (Å²) in [6.07, 6.45) is -6.05. The number of rotatable bonds is 7. The lowest BCUT2D eigenvalue weighted by molar-refractivity contribution is -0.308. The monoisotopic (exact) mass is 293 g/mol. The van der Waals surface area contributed by atoms with Gasteiger partial charge in [-0.15, -0.1) is 0 Å². The van der Waals surface area contributed by atoms with Gasteiger partial charge in [-0.2, -0.15) is 5.48 Å². The average Bonchev–Trinajstić information content (AvgIpc) is 2.37. The van der Waals surface area contributed by atoms with E-state index in [4.69, 9.17) is 14.7 Å². The Kier molecular flexibility index (Phi) is 6.80. The van der Waals surface area contributed by atoms with Crippen molar-refractivity contribution in [1.82, 2.24) is 5.48 Å². The first kappa shape index (κ1) is 17.3. The van der Waals surface area contributed by atoms with Crippen LogP contribution in [0.4, 0.5) is 0 Å². The van der Waals surface area contributed by atoms with Crippen LogP contribution in [0.2, 0.25) is 0 Å². The molecule has 0 spiro atoms. The molecular weight excluding hydrogens is 270 g/mol. The molecule has 0 aliphatic carbocycles. The van der Waals surface area contributed by atoms with Crippen molar-refractivity contribution in [3.8, 4) is 0 Å². The molecule has 1 fully saturated rings. The molecule has 0 bridgehead atoms. The van der Waals surface area contributed by atoms with Crippen LogP contribution in [0.1, 0.15) is 26.7 Å². The van der Waals surface area contributed by atoms with Crippen LogP contribution in [-0.2, 0) is 14.4 Å². The Hall–Kier alpha value is -0.770. The van der Waals surface area contributed by atoms with E-state index in [1.807, 2.05) is 0 Å². The van der Waals surface area contributed by atoms with E-state index in [1.165, 1.54) is 0 Å². The number of hydroxylamine groups is 1. The van der Waals surface area contributed by atoms with Crippen LogP contribution in [0.5, 0.6) is 0 Å². The average molecular weight is 293 g/mol. The van der Waals surface area contributed by atoms with Crippen molar-refractivity contribution >= 4 is 5.97 Å². The highest BCUT2D eigenvalue weighted by Gasteiger charge is 2.47. The zero-order valence-electron chi connectivity index (χ0n) is 11.6. The first-order valence-corrected chi connectivity index (χ1v) is 6.65. The van der Waals surface area contributed by atoms with Crippen LogP contribution in [0.15, 0.2) is 0 Å². The zero-order chi connectivity index (χ0) is 15.3. The van der Waals surface area contributed by atoms with Gasteiger partial charge in [-0.1, -0.05) is 13.8 Å². The lowest BCUT2D eigenvalue weighted by Gasteiger charge is -2.38. The third kappa shape index (κ3) is 4.65. The van der Waals surface area contributed by atoms with Gasteiger partial charge in [0.1, 0.15) is 18.3 Å². The highest BCUT2D eigenvalue weighted by atomic mass is 16.8. The van der Waals surface area contributed by atoms with Gasteiger partial charge in [-0.3, -0.25) is 4.84 Å². The molecule has 0 aromatic heterocycles. The van der Waals surface area contributed by atoms with E-state index in [0.717, 1.165) is 12.8 Å². The lowest BCUT2D eigenvalue weighted by atomic mass is 9.99. The highest BCUT2D eigenvalue weighted by Crippen LogP contribution is 2.21. The van der Waals surface area contributed by atoms with E-state index in [0.29, 0.717) is 12.5 Å². The second-order valence-electron chi connectivity index (χ2n) is 5.28. The predicted octanol–water partition coefficient (Wildman–Crippen LogP) is -1.16. The van der Waals surface area contributed by atoms with Crippen LogP contribution in [0, 0.1) is 5.92 Å². The number of hydrogen-bond acceptors (Lipinski definition) is 7. The van der Waals surface area contributed by atoms with Crippen molar-refractivity contribution in [1.29, 1.82) is 0 Å². The number of aliphatic hydroxyl groups excluding tert-OH is 3. The summed E-state index contributed by atoms with van der Waals surface area (Å²) in [6.45, 7) is 4.68. The summed E-state index contributed by atoms with van der Waals surface area (Å²) < 4.78 is 4.93. The SMILES string of the molecule is CC(C)CCCNO[C@@H]1O[C@H](C(=O)O)[C@@H](O)[C@H](O)[C@H]1O. The molecule has 1 heterocycles. The van der Waals surface area contributed by atoms with Crippen LogP contribution >= 0.6 is 0 Å². The lowest BCUT2D eigenvalue weighted by Crippen LogP contribution is -2.61. The standard InChI is InChI=1S/C12H23NO7/c1-6(2)4-3-5-13-20-12-9(16)7(14)8(15)10(19-12)11(17)18/h6-10,12-16H,3-5H2,1-2H3,(H,17,18)/t7-,8-,9+,10-,12-/m0/s1. The Morgan fingerprint density at radius 2 is 1.90 bits per heavy atom. The van der Waals surface area contributed by atoms with Crippen LogP contribution in [0.3, 0.4) is 0 Å². The maximum atomic E-state index is 10.9. The van der Waals surface area contributed by atoms with Gasteiger partial charge in [0.25, 0.3) is 0 Å². The van der Waals surface area contributed by atoms with Crippen LogP contribution in [-0.4, -0.2) is 63.6 Å². The van der Waals surface area contributed by atoms with E-state index < -0.39 is 36.7 Å². The quantitative estimate of drug-likeness (QED) is 0.293. The molecule has 0 unspecified atom stereocenters. The minimum absolute atomic E-state index is 0.501. The fraction of sp³-hybridized carbons (Fsp3) is 0.917. The van der Waals surface area contributed by atoms with Crippen LogP contribution < -0.4 is 5.48 Å². The smallest absolute Gasteiger partial charge is 0.335 e. The third-order valence-corrected chi connectivity index (χ3v) is 3.07. The molecule has 8 nitrogen and oxygen atoms in total. The summed E-state index contributed by atoms with van der Waals surface area (Å²) in [6, 6.07) is 0. The van der Waals surface area contributed by atoms with Crippen LogP contribution in [0.25, 0.3) is 0 Å². The Bertz CT molecular complexity index is 312. The normalized spacial score (nSPS) is 34.4. The number of aliphatic carboxylic acids is 1. The number of nitrogens with one attached hydrogen (secondary N) is 1. The number of carbonyl (C=O) groups is 1. The first-order valence-electron chi connectivity index (χ1n) is 6.65. The van der Waals surface area contributed by atoms with Gasteiger partial charge in [0.2, 0.25) is 6.29 Å². The molecule has 0 radical (unpaired) electrons. The fourth-order valence-electron chi connectivity index (χ4n) is 1.87. The maximum absolute atomic E-state index is 10.9. The second-order valence-corrected chi connectivity index (χ2v) is 5.28. The summed E-state index contributed by atoms with van der Waals surface area (Å²) >= 11 is 0. The summed E-state index contributed by atoms with van der Waals surface area (Å²) in [5.74, 6) is -0.876. The fourth-order valence-corrected chi connectivity index (χ4v) is 1.87. The Labute approximate surface area is 117 Å². The zero-order valence-corrected chi connectivity index (χ0v) is 11.6. The molecule has 0 amide bonds. The third-order valence-electron chi connectivity index (χ3n) is 3.07. The number of carboxylic acids is 1. The maximum Gasteiger partial charge on any atom is 0.335 e. The number of aliphatic hydroxyl groups is 3. The van der Waals surface area contributed by atoms with Gasteiger partial charge in [-0.25, -0.2) is 4.79 Å². The molecule has 0 aromatic rings. The van der Waals surface area contributed by atoms with Gasteiger partial charge in [0.15, 0.2) is 6.10 Å².